The first-order valence-corrected chi connectivity index (χ1v) is 11.5. The minimum atomic E-state index is -0.499. The van der Waals surface area contributed by atoms with Crippen LogP contribution < -0.4 is 5.32 Å². The van der Waals surface area contributed by atoms with Gasteiger partial charge in [-0.1, -0.05) is 19.3 Å². The third-order valence-electron chi connectivity index (χ3n) is 8.98. The molecule has 5 aliphatic carbocycles. The molecule has 28 heavy (non-hydrogen) atoms. The van der Waals surface area contributed by atoms with Gasteiger partial charge in [0.25, 0.3) is 0 Å². The molecule has 5 nitrogen and oxygen atoms in total. The Kier molecular flexibility index (Phi) is 4.37. The minimum Gasteiger partial charge on any atom is -0.352 e. The topological polar surface area (TPSA) is 66.5 Å². The SMILES string of the molecule is C[C@H](NC(=O)CN1C(=O)CC2(CCCCC2)C1=O)C12CC3CC(CC(C3)C1)C2. The van der Waals surface area contributed by atoms with Gasteiger partial charge in [0.05, 0.1) is 5.41 Å². The average molecular weight is 387 g/mol. The van der Waals surface area contributed by atoms with Crippen LogP contribution in [0.2, 0.25) is 0 Å². The Balaban J connectivity index is 1.23. The number of rotatable bonds is 4. The molecule has 3 amide bonds. The number of nitrogens with one attached hydrogen (secondary N) is 1. The second-order valence-corrected chi connectivity index (χ2v) is 10.9. The molecule has 5 heteroatoms. The van der Waals surface area contributed by atoms with Gasteiger partial charge in [0.15, 0.2) is 0 Å². The van der Waals surface area contributed by atoms with Crippen LogP contribution in [0, 0.1) is 28.6 Å². The Bertz CT molecular complexity index is 659. The zero-order chi connectivity index (χ0) is 19.5. The first-order valence-electron chi connectivity index (χ1n) is 11.5. The first-order chi connectivity index (χ1) is 13.4. The van der Waals surface area contributed by atoms with Crippen molar-refractivity contribution in [1.82, 2.24) is 10.2 Å². The van der Waals surface area contributed by atoms with Crippen LogP contribution in [0.5, 0.6) is 0 Å². The molecule has 6 fully saturated rings. The molecule has 0 radical (unpaired) electrons. The lowest BCUT2D eigenvalue weighted by molar-refractivity contribution is -0.146. The van der Waals surface area contributed by atoms with E-state index in [-0.39, 0.29) is 35.7 Å². The van der Waals surface area contributed by atoms with E-state index < -0.39 is 5.41 Å². The Morgan fingerprint density at radius 1 is 1.04 bits per heavy atom. The molecule has 6 rings (SSSR count). The molecule has 1 aliphatic heterocycles. The van der Waals surface area contributed by atoms with E-state index in [0.29, 0.717) is 6.42 Å². The maximum Gasteiger partial charge on any atom is 0.240 e. The van der Waals surface area contributed by atoms with Gasteiger partial charge in [0.1, 0.15) is 6.54 Å². The Morgan fingerprint density at radius 2 is 1.61 bits per heavy atom. The van der Waals surface area contributed by atoms with Gasteiger partial charge in [-0.25, -0.2) is 0 Å². The summed E-state index contributed by atoms with van der Waals surface area (Å²) in [7, 11) is 0. The number of amides is 3. The lowest BCUT2D eigenvalue weighted by Gasteiger charge is -2.59. The number of carbonyl (C=O) groups is 3. The number of hydrogen-bond acceptors (Lipinski definition) is 3. The third kappa shape index (κ3) is 2.91. The van der Waals surface area contributed by atoms with Crippen LogP contribution in [-0.4, -0.2) is 35.2 Å². The number of imide groups is 1. The quantitative estimate of drug-likeness (QED) is 0.753. The van der Waals surface area contributed by atoms with Crippen LogP contribution in [0.1, 0.15) is 84.0 Å². The van der Waals surface area contributed by atoms with E-state index in [1.54, 1.807) is 0 Å². The molecule has 1 saturated heterocycles. The number of likely N-dealkylation sites (tertiary alicyclic amines) is 1. The van der Waals surface area contributed by atoms with E-state index in [2.05, 4.69) is 12.2 Å². The summed E-state index contributed by atoms with van der Waals surface area (Å²) in [5, 5.41) is 3.21. The highest BCUT2D eigenvalue weighted by atomic mass is 16.2. The van der Waals surface area contributed by atoms with Crippen LogP contribution in [0.25, 0.3) is 0 Å². The van der Waals surface area contributed by atoms with Crippen molar-refractivity contribution in [1.29, 1.82) is 0 Å². The summed E-state index contributed by atoms with van der Waals surface area (Å²) in [6.45, 7) is 2.07. The zero-order valence-electron chi connectivity index (χ0n) is 17.2. The van der Waals surface area contributed by atoms with Gasteiger partial charge in [0, 0.05) is 12.5 Å². The van der Waals surface area contributed by atoms with Crippen molar-refractivity contribution in [2.75, 3.05) is 6.54 Å². The van der Waals surface area contributed by atoms with Crippen molar-refractivity contribution in [3.63, 3.8) is 0 Å². The first kappa shape index (κ1) is 18.6. The summed E-state index contributed by atoms with van der Waals surface area (Å²) in [6.07, 6.45) is 13.0. The summed E-state index contributed by atoms with van der Waals surface area (Å²) in [5.74, 6) is 2.15. The van der Waals surface area contributed by atoms with Crippen LogP contribution in [0.4, 0.5) is 0 Å². The molecule has 154 valence electrons. The van der Waals surface area contributed by atoms with Crippen molar-refractivity contribution in [3.8, 4) is 0 Å². The van der Waals surface area contributed by atoms with Gasteiger partial charge in [-0.3, -0.25) is 19.3 Å². The highest BCUT2D eigenvalue weighted by Gasteiger charge is 2.54. The average Bonchev–Trinajstić information content (AvgIpc) is 2.85. The van der Waals surface area contributed by atoms with Crippen LogP contribution in [-0.2, 0) is 14.4 Å². The standard InChI is InChI=1S/C23H34N2O3/c1-15(23-10-16-7-17(11-23)9-18(8-16)12-23)24-19(26)14-25-20(27)13-22(21(25)28)5-3-2-4-6-22/h15-18H,2-14H2,1H3,(H,24,26)/t15-,16?,17?,18?,23?/m0/s1. The van der Waals surface area contributed by atoms with E-state index in [0.717, 1.165) is 49.9 Å². The number of nitrogens with zero attached hydrogens (tertiary/aromatic N) is 1. The molecule has 0 aromatic heterocycles. The Hall–Kier alpha value is -1.39. The molecule has 6 aliphatic rings. The van der Waals surface area contributed by atoms with Crippen molar-refractivity contribution < 1.29 is 14.4 Å². The van der Waals surface area contributed by atoms with Gasteiger partial charge < -0.3 is 5.32 Å². The molecule has 4 bridgehead atoms. The number of carbonyl (C=O) groups excluding carboxylic acids is 3. The van der Waals surface area contributed by atoms with E-state index in [1.165, 1.54) is 43.4 Å². The molecular weight excluding hydrogens is 352 g/mol. The zero-order valence-corrected chi connectivity index (χ0v) is 17.2. The molecule has 1 spiro atoms. The highest BCUT2D eigenvalue weighted by molar-refractivity contribution is 6.08. The molecule has 1 N–H and O–H groups in total. The normalized spacial score (nSPS) is 39.6. The molecule has 0 aromatic carbocycles. The lowest BCUT2D eigenvalue weighted by Crippen LogP contribution is -2.57. The Labute approximate surface area is 168 Å². The molecular formula is C23H34N2O3. The summed E-state index contributed by atoms with van der Waals surface area (Å²) < 4.78 is 0. The van der Waals surface area contributed by atoms with Gasteiger partial charge in [-0.2, -0.15) is 0 Å². The van der Waals surface area contributed by atoms with E-state index >= 15 is 0 Å². The summed E-state index contributed by atoms with van der Waals surface area (Å²) in [4.78, 5) is 39.6. The molecule has 0 unspecified atom stereocenters. The molecule has 0 aromatic rings. The summed E-state index contributed by atoms with van der Waals surface area (Å²) in [5.41, 5.74) is -0.255. The van der Waals surface area contributed by atoms with E-state index in [4.69, 9.17) is 0 Å². The van der Waals surface area contributed by atoms with E-state index in [1.807, 2.05) is 0 Å². The van der Waals surface area contributed by atoms with Gasteiger partial charge in [-0.15, -0.1) is 0 Å². The fraction of sp³-hybridized carbons (Fsp3) is 0.870. The Morgan fingerprint density at radius 3 is 2.18 bits per heavy atom. The molecule has 1 atom stereocenters. The van der Waals surface area contributed by atoms with Crippen molar-refractivity contribution in [2.45, 2.75) is 90.0 Å². The van der Waals surface area contributed by atoms with Crippen LogP contribution >= 0.6 is 0 Å². The second-order valence-electron chi connectivity index (χ2n) is 10.9. The predicted octanol–water partition coefficient (Wildman–Crippen LogP) is 3.42. The van der Waals surface area contributed by atoms with Crippen molar-refractivity contribution in [3.05, 3.63) is 0 Å². The van der Waals surface area contributed by atoms with Crippen molar-refractivity contribution in [2.24, 2.45) is 28.6 Å². The maximum atomic E-state index is 13.0. The monoisotopic (exact) mass is 386 g/mol. The van der Waals surface area contributed by atoms with Crippen LogP contribution in [0.3, 0.4) is 0 Å². The maximum absolute atomic E-state index is 13.0. The summed E-state index contributed by atoms with van der Waals surface area (Å²) >= 11 is 0. The van der Waals surface area contributed by atoms with Crippen LogP contribution in [0.15, 0.2) is 0 Å². The minimum absolute atomic E-state index is 0.0872. The smallest absolute Gasteiger partial charge is 0.240 e. The lowest BCUT2D eigenvalue weighted by atomic mass is 9.48. The fourth-order valence-corrected chi connectivity index (χ4v) is 7.93. The van der Waals surface area contributed by atoms with Crippen molar-refractivity contribution >= 4 is 17.7 Å². The van der Waals surface area contributed by atoms with Gasteiger partial charge in [0.2, 0.25) is 17.7 Å². The third-order valence-corrected chi connectivity index (χ3v) is 8.98. The molecule has 1 heterocycles. The number of hydrogen-bond donors (Lipinski definition) is 1. The second kappa shape index (κ2) is 6.56. The summed E-state index contributed by atoms with van der Waals surface area (Å²) in [6, 6.07) is 0.129. The van der Waals surface area contributed by atoms with E-state index in [9.17, 15) is 14.4 Å². The van der Waals surface area contributed by atoms with Gasteiger partial charge >= 0.3 is 0 Å². The largest absolute Gasteiger partial charge is 0.352 e. The van der Waals surface area contributed by atoms with Gasteiger partial charge in [-0.05, 0) is 81.5 Å². The molecule has 5 saturated carbocycles. The predicted molar refractivity (Wildman–Crippen MR) is 105 cm³/mol. The fourth-order valence-electron chi connectivity index (χ4n) is 7.93. The highest BCUT2D eigenvalue weighted by Crippen LogP contribution is 2.61.